The van der Waals surface area contributed by atoms with E-state index in [1.807, 2.05) is 43.3 Å². The molecule has 3 fully saturated rings. The SMILES string of the molecule is CC(=O)O[C@@H]1[C@@H](OC(=O)/C=C/c2ccccc2)[C@]2(C)[C@@H](C(C)=O)CC[C@]2(O)[C@]2(O)CC=C3C[C@@H](O)CC[C@]3(C)[C@@H]12. The van der Waals surface area contributed by atoms with Crippen LogP contribution >= 0.6 is 0 Å². The third-order valence-corrected chi connectivity index (χ3v) is 10.6. The molecule has 0 aromatic heterocycles. The molecule has 1 aromatic carbocycles. The zero-order chi connectivity index (χ0) is 29.1. The van der Waals surface area contributed by atoms with Crippen molar-refractivity contribution in [2.24, 2.45) is 22.7 Å². The first-order valence-electron chi connectivity index (χ1n) is 14.2. The van der Waals surface area contributed by atoms with E-state index in [-0.39, 0.29) is 18.6 Å². The van der Waals surface area contributed by atoms with Gasteiger partial charge in [-0.3, -0.25) is 9.59 Å². The maximum absolute atomic E-state index is 13.4. The molecule has 0 aliphatic heterocycles. The van der Waals surface area contributed by atoms with Gasteiger partial charge in [-0.2, -0.15) is 0 Å². The van der Waals surface area contributed by atoms with E-state index in [2.05, 4.69) is 0 Å². The van der Waals surface area contributed by atoms with Crippen molar-refractivity contribution in [1.82, 2.24) is 0 Å². The van der Waals surface area contributed by atoms with Crippen LogP contribution < -0.4 is 0 Å². The Kier molecular flexibility index (Phi) is 7.12. The molecule has 4 aliphatic rings. The number of esters is 2. The molecule has 8 heteroatoms. The largest absolute Gasteiger partial charge is 0.458 e. The number of hydrogen-bond acceptors (Lipinski definition) is 8. The van der Waals surface area contributed by atoms with E-state index < -0.39 is 64.1 Å². The molecule has 5 rings (SSSR count). The molecule has 0 heterocycles. The quantitative estimate of drug-likeness (QED) is 0.287. The highest BCUT2D eigenvalue weighted by Gasteiger charge is 2.80. The molecule has 9 atom stereocenters. The molecule has 0 radical (unpaired) electrons. The number of ketones is 1. The van der Waals surface area contributed by atoms with Gasteiger partial charge in [0.25, 0.3) is 0 Å². The van der Waals surface area contributed by atoms with Crippen LogP contribution in [0.4, 0.5) is 0 Å². The fraction of sp³-hybridized carbons (Fsp3) is 0.594. The second-order valence-electron chi connectivity index (χ2n) is 12.7. The molecule has 0 bridgehead atoms. The number of rotatable bonds is 5. The van der Waals surface area contributed by atoms with Gasteiger partial charge in [-0.1, -0.05) is 55.8 Å². The van der Waals surface area contributed by atoms with Crippen molar-refractivity contribution in [2.45, 2.75) is 95.7 Å². The number of ether oxygens (including phenoxy) is 2. The predicted molar refractivity (Wildman–Crippen MR) is 146 cm³/mol. The third-order valence-electron chi connectivity index (χ3n) is 10.6. The zero-order valence-electron chi connectivity index (χ0n) is 23.6. The standard InChI is InChI=1S/C32H40O8/c1-19(33)24-14-17-32(38)30(24,4)28(40-25(36)11-10-21-8-6-5-7-9-21)26(39-20(2)34)27-29(3)15-13-23(35)18-22(29)12-16-31(27,32)37/h5-12,23-24,26-28,35,37-38H,13-18H2,1-4H3/b11-10+/t23-,24+,26-,27+,28+,29-,30-,31-,32+/m0/s1. The molecule has 0 unspecified atom stereocenters. The van der Waals surface area contributed by atoms with E-state index in [9.17, 15) is 29.7 Å². The van der Waals surface area contributed by atoms with Crippen LogP contribution in [-0.4, -0.2) is 62.6 Å². The smallest absolute Gasteiger partial charge is 0.331 e. The Balaban J connectivity index is 1.66. The molecule has 216 valence electrons. The van der Waals surface area contributed by atoms with Gasteiger partial charge in [-0.15, -0.1) is 0 Å². The Morgan fingerprint density at radius 1 is 1.00 bits per heavy atom. The summed E-state index contributed by atoms with van der Waals surface area (Å²) in [5.41, 5.74) is -4.05. The Morgan fingerprint density at radius 3 is 2.35 bits per heavy atom. The number of Topliss-reactive ketones (excluding diaryl/α,β-unsaturated/α-hetero) is 1. The Bertz CT molecular complexity index is 1250. The highest BCUT2D eigenvalue weighted by Crippen LogP contribution is 2.70. The summed E-state index contributed by atoms with van der Waals surface area (Å²) in [4.78, 5) is 39.0. The van der Waals surface area contributed by atoms with E-state index in [1.165, 1.54) is 19.9 Å². The maximum atomic E-state index is 13.4. The summed E-state index contributed by atoms with van der Waals surface area (Å²) in [6.07, 6.45) is 3.79. The van der Waals surface area contributed by atoms with Crippen molar-refractivity contribution >= 4 is 23.8 Å². The summed E-state index contributed by atoms with van der Waals surface area (Å²) in [6.45, 7) is 6.35. The number of carbonyl (C=O) groups is 3. The first-order valence-corrected chi connectivity index (χ1v) is 14.2. The first kappa shape index (κ1) is 28.7. The number of benzene rings is 1. The van der Waals surface area contributed by atoms with Crippen LogP contribution in [0.15, 0.2) is 48.1 Å². The van der Waals surface area contributed by atoms with Crippen molar-refractivity contribution in [3.63, 3.8) is 0 Å². The lowest BCUT2D eigenvalue weighted by molar-refractivity contribution is -0.329. The molecule has 1 aromatic rings. The predicted octanol–water partition coefficient (Wildman–Crippen LogP) is 3.52. The summed E-state index contributed by atoms with van der Waals surface area (Å²) in [5.74, 6) is -3.08. The van der Waals surface area contributed by atoms with Crippen LogP contribution in [-0.2, 0) is 23.9 Å². The van der Waals surface area contributed by atoms with Gasteiger partial charge in [0.2, 0.25) is 0 Å². The minimum atomic E-state index is -1.81. The highest BCUT2D eigenvalue weighted by molar-refractivity contribution is 5.87. The van der Waals surface area contributed by atoms with E-state index in [0.717, 1.165) is 11.1 Å². The number of carbonyl (C=O) groups excluding carboxylic acids is 3. The van der Waals surface area contributed by atoms with E-state index in [4.69, 9.17) is 9.47 Å². The monoisotopic (exact) mass is 552 g/mol. The summed E-state index contributed by atoms with van der Waals surface area (Å²) < 4.78 is 12.1. The van der Waals surface area contributed by atoms with E-state index in [1.54, 1.807) is 13.0 Å². The number of fused-ring (bicyclic) bond motifs is 5. The van der Waals surface area contributed by atoms with Gasteiger partial charge in [0.15, 0.2) is 0 Å². The molecule has 3 saturated carbocycles. The Labute approximate surface area is 235 Å². The molecule has 4 aliphatic carbocycles. The summed E-state index contributed by atoms with van der Waals surface area (Å²) in [6, 6.07) is 9.23. The average molecular weight is 553 g/mol. The second-order valence-corrected chi connectivity index (χ2v) is 12.7. The van der Waals surface area contributed by atoms with Crippen LogP contribution in [0.2, 0.25) is 0 Å². The van der Waals surface area contributed by atoms with Crippen LogP contribution in [0.25, 0.3) is 6.08 Å². The van der Waals surface area contributed by atoms with Crippen molar-refractivity contribution in [2.75, 3.05) is 0 Å². The molecule has 8 nitrogen and oxygen atoms in total. The minimum absolute atomic E-state index is 0.0678. The van der Waals surface area contributed by atoms with Gasteiger partial charge in [0.05, 0.1) is 6.10 Å². The summed E-state index contributed by atoms with van der Waals surface area (Å²) in [7, 11) is 0. The molecule has 3 N–H and O–H groups in total. The fourth-order valence-corrected chi connectivity index (χ4v) is 8.75. The average Bonchev–Trinajstić information content (AvgIpc) is 3.19. The van der Waals surface area contributed by atoms with Crippen LogP contribution in [0.3, 0.4) is 0 Å². The van der Waals surface area contributed by atoms with Crippen molar-refractivity contribution < 1.29 is 39.2 Å². The van der Waals surface area contributed by atoms with Crippen LogP contribution in [0, 0.1) is 22.7 Å². The molecular formula is C32H40O8. The van der Waals surface area contributed by atoms with Gasteiger partial charge in [-0.25, -0.2) is 4.79 Å². The van der Waals surface area contributed by atoms with Crippen molar-refractivity contribution in [3.05, 3.63) is 53.6 Å². The maximum Gasteiger partial charge on any atom is 0.331 e. The van der Waals surface area contributed by atoms with Gasteiger partial charge in [0, 0.05) is 30.3 Å². The fourth-order valence-electron chi connectivity index (χ4n) is 8.75. The van der Waals surface area contributed by atoms with Crippen LogP contribution in [0.5, 0.6) is 0 Å². The number of aliphatic hydroxyl groups excluding tert-OH is 1. The van der Waals surface area contributed by atoms with Crippen molar-refractivity contribution in [1.29, 1.82) is 0 Å². The number of aliphatic hydroxyl groups is 3. The lowest BCUT2D eigenvalue weighted by atomic mass is 9.42. The van der Waals surface area contributed by atoms with E-state index >= 15 is 0 Å². The summed E-state index contributed by atoms with van der Waals surface area (Å²) >= 11 is 0. The lowest BCUT2D eigenvalue weighted by Gasteiger charge is -2.68. The zero-order valence-corrected chi connectivity index (χ0v) is 23.6. The third kappa shape index (κ3) is 4.10. The van der Waals surface area contributed by atoms with Gasteiger partial charge in [0.1, 0.15) is 29.2 Å². The van der Waals surface area contributed by atoms with Gasteiger partial charge < -0.3 is 24.8 Å². The highest BCUT2D eigenvalue weighted by atomic mass is 16.6. The topological polar surface area (TPSA) is 130 Å². The lowest BCUT2D eigenvalue weighted by Crippen LogP contribution is -2.80. The molecule has 0 saturated heterocycles. The molecular weight excluding hydrogens is 512 g/mol. The van der Waals surface area contributed by atoms with Gasteiger partial charge in [-0.05, 0) is 62.5 Å². The molecule has 0 spiro atoms. The molecule has 40 heavy (non-hydrogen) atoms. The summed E-state index contributed by atoms with van der Waals surface area (Å²) in [5, 5.41) is 35.7. The first-order chi connectivity index (χ1) is 18.8. The number of hydrogen-bond donors (Lipinski definition) is 3. The van der Waals surface area contributed by atoms with Crippen LogP contribution in [0.1, 0.15) is 71.8 Å². The Hall–Kier alpha value is -2.81. The normalized spacial score (nSPS) is 42.3. The minimum Gasteiger partial charge on any atom is -0.458 e. The Morgan fingerprint density at radius 2 is 1.70 bits per heavy atom. The van der Waals surface area contributed by atoms with Gasteiger partial charge >= 0.3 is 11.9 Å². The molecule has 0 amide bonds. The van der Waals surface area contributed by atoms with Crippen molar-refractivity contribution in [3.8, 4) is 0 Å². The van der Waals surface area contributed by atoms with E-state index in [0.29, 0.717) is 25.7 Å². The second kappa shape index (κ2) is 9.93.